The van der Waals surface area contributed by atoms with Gasteiger partial charge in [0, 0.05) is 55.1 Å². The molecule has 0 amide bonds. The molecule has 0 N–H and O–H groups in total. The number of anilines is 6. The molecule has 13 aromatic carbocycles. The van der Waals surface area contributed by atoms with Crippen LogP contribution >= 0.6 is 0 Å². The van der Waals surface area contributed by atoms with E-state index in [2.05, 4.69) is 230 Å². The van der Waals surface area contributed by atoms with Crippen LogP contribution in [0.5, 0.6) is 0 Å². The first-order valence-corrected chi connectivity index (χ1v) is 39.3. The lowest BCUT2D eigenvalue weighted by Gasteiger charge is -2.40. The molecule has 0 atom stereocenters. The Labute approximate surface area is 550 Å². The topological polar surface area (TPSA) is 37.7 Å². The highest BCUT2D eigenvalue weighted by molar-refractivity contribution is 6.89. The molecule has 18 rings (SSSR count). The molecule has 2 aliphatic rings. The monoisotopic (exact) mass is 1300 g/mol. The van der Waals surface area contributed by atoms with Crippen LogP contribution in [0.1, 0.15) is 33.4 Å². The summed E-state index contributed by atoms with van der Waals surface area (Å²) in [5.41, 5.74) is 10.9. The normalized spacial score (nSPS) is 13.7. The van der Waals surface area contributed by atoms with Crippen molar-refractivity contribution in [2.75, 3.05) is 9.80 Å². The molecular formula is C83H59F6N3O2Si2. The van der Waals surface area contributed by atoms with Gasteiger partial charge in [0.2, 0.25) is 0 Å². The van der Waals surface area contributed by atoms with Crippen molar-refractivity contribution in [3.05, 3.63) is 282 Å². The summed E-state index contributed by atoms with van der Waals surface area (Å²) >= 11 is 0. The lowest BCUT2D eigenvalue weighted by Crippen LogP contribution is -2.37. The number of furan rings is 2. The summed E-state index contributed by atoms with van der Waals surface area (Å²) in [4.78, 5) is 4.25. The number of hydrogen-bond donors (Lipinski definition) is 0. The first-order chi connectivity index (χ1) is 46.2. The van der Waals surface area contributed by atoms with Crippen molar-refractivity contribution in [2.45, 2.75) is 57.0 Å². The van der Waals surface area contributed by atoms with Crippen LogP contribution in [-0.2, 0) is 17.8 Å². The number of para-hydroxylation sites is 5. The van der Waals surface area contributed by atoms with Crippen molar-refractivity contribution in [1.29, 1.82) is 0 Å². The predicted octanol–water partition coefficient (Wildman–Crippen LogP) is 23.6. The molecule has 0 saturated heterocycles. The number of hydrogen-bond acceptors (Lipinski definition) is 4. The first-order valence-electron chi connectivity index (χ1n) is 32.3. The van der Waals surface area contributed by atoms with Crippen molar-refractivity contribution >= 4 is 148 Å². The summed E-state index contributed by atoms with van der Waals surface area (Å²) < 4.78 is 106. The van der Waals surface area contributed by atoms with E-state index >= 15 is 13.2 Å². The Morgan fingerprint density at radius 3 is 1.27 bits per heavy atom. The molecule has 16 aromatic rings. The van der Waals surface area contributed by atoms with Crippen LogP contribution < -0.4 is 20.2 Å². The predicted molar refractivity (Wildman–Crippen MR) is 387 cm³/mol. The van der Waals surface area contributed by atoms with Gasteiger partial charge in [-0.05, 0) is 140 Å². The van der Waals surface area contributed by atoms with Crippen LogP contribution in [0, 0.1) is 0 Å². The second-order valence-electron chi connectivity index (χ2n) is 27.7. The maximum atomic E-state index is 15.2. The largest absolute Gasteiger partial charge is 0.453 e. The molecule has 4 heterocycles. The number of rotatable bonds is 8. The second-order valence-corrected chi connectivity index (χ2v) is 37.9. The number of aromatic nitrogens is 1. The maximum Gasteiger partial charge on any atom is 0.420 e. The fourth-order valence-electron chi connectivity index (χ4n) is 16.0. The van der Waals surface area contributed by atoms with Gasteiger partial charge in [0.1, 0.15) is 11.2 Å². The van der Waals surface area contributed by atoms with E-state index in [-0.39, 0.29) is 11.2 Å². The van der Waals surface area contributed by atoms with Crippen molar-refractivity contribution in [1.82, 2.24) is 4.57 Å². The fourth-order valence-corrected chi connectivity index (χ4v) is 18.3. The standard InChI is InChI=1S/C83H59F6N3O2Si2/c1-95(2,3)54-38-33-50(34-39-54)90(72-29-15-23-60-58-21-13-26-67(82(84,85)86)77(58)93-79(60)72)52-37-44-70-62(45-52)63-46-53(91(51-35-40-55(41-36-51)96(4,5)6)73-30-16-24-61-59-22-14-27-68(83(87,88)89)78(59)94-80(61)73)47-69-76(63)92(70)71-28-12-11-25-64(71)81(69)65-42-31-48-17-7-9-19-56(48)74(65)75-57-20-10-8-18-49(57)32-43-66(75)81/h7-47H,1-6H3. The number of halogens is 6. The minimum atomic E-state index is -4.70. The zero-order valence-electron chi connectivity index (χ0n) is 53.1. The Morgan fingerprint density at radius 1 is 0.344 bits per heavy atom. The van der Waals surface area contributed by atoms with Gasteiger partial charge in [-0.1, -0.05) is 213 Å². The van der Waals surface area contributed by atoms with Crippen LogP contribution in [0.2, 0.25) is 39.3 Å². The fraction of sp³-hybridized carbons (Fsp3) is 0.108. The summed E-state index contributed by atoms with van der Waals surface area (Å²) in [7, 11) is -3.71. The molecule has 13 heteroatoms. The van der Waals surface area contributed by atoms with E-state index in [0.717, 1.165) is 117 Å². The van der Waals surface area contributed by atoms with Gasteiger partial charge in [0.05, 0.1) is 60.8 Å². The van der Waals surface area contributed by atoms with Crippen LogP contribution in [0.3, 0.4) is 0 Å². The van der Waals surface area contributed by atoms with Crippen LogP contribution in [0.15, 0.2) is 258 Å². The Balaban J connectivity index is 0.998. The maximum absolute atomic E-state index is 15.2. The smallest absolute Gasteiger partial charge is 0.420 e. The summed E-state index contributed by atoms with van der Waals surface area (Å²) in [6.45, 7) is 13.8. The van der Waals surface area contributed by atoms with Gasteiger partial charge >= 0.3 is 12.4 Å². The molecule has 0 fully saturated rings. The number of nitrogens with zero attached hydrogens (tertiary/aromatic N) is 3. The molecule has 0 saturated carbocycles. The molecule has 1 aliphatic heterocycles. The van der Waals surface area contributed by atoms with Gasteiger partial charge in [-0.25, -0.2) is 0 Å². The van der Waals surface area contributed by atoms with Crippen LogP contribution in [0.25, 0.3) is 104 Å². The molecule has 468 valence electrons. The summed E-state index contributed by atoms with van der Waals surface area (Å²) in [6.07, 6.45) is -9.37. The zero-order valence-corrected chi connectivity index (χ0v) is 55.1. The highest BCUT2D eigenvalue weighted by Crippen LogP contribution is 2.65. The molecule has 1 aliphatic carbocycles. The van der Waals surface area contributed by atoms with Crippen molar-refractivity contribution in [3.63, 3.8) is 0 Å². The lowest BCUT2D eigenvalue weighted by atomic mass is 9.65. The Bertz CT molecular complexity index is 5900. The second kappa shape index (κ2) is 20.2. The van der Waals surface area contributed by atoms with Gasteiger partial charge in [-0.2, -0.15) is 26.3 Å². The van der Waals surface area contributed by atoms with Crippen molar-refractivity contribution in [3.8, 4) is 16.8 Å². The third kappa shape index (κ3) is 8.29. The molecule has 5 nitrogen and oxygen atoms in total. The average molecular weight is 1300 g/mol. The molecule has 1 spiro atoms. The Morgan fingerprint density at radius 2 is 0.771 bits per heavy atom. The molecule has 0 unspecified atom stereocenters. The van der Waals surface area contributed by atoms with E-state index in [1.54, 1.807) is 12.1 Å². The number of benzene rings is 13. The highest BCUT2D eigenvalue weighted by atomic mass is 28.3. The first kappa shape index (κ1) is 58.0. The van der Waals surface area contributed by atoms with Gasteiger partial charge < -0.3 is 23.2 Å². The molecule has 3 aromatic heterocycles. The summed E-state index contributed by atoms with van der Waals surface area (Å²) in [6, 6.07) is 82.8. The van der Waals surface area contributed by atoms with Crippen LogP contribution in [0.4, 0.5) is 60.5 Å². The molecule has 0 radical (unpaired) electrons. The van der Waals surface area contributed by atoms with E-state index in [1.165, 1.54) is 22.5 Å². The minimum Gasteiger partial charge on any atom is -0.453 e. The highest BCUT2D eigenvalue weighted by Gasteiger charge is 2.52. The quantitative estimate of drug-likeness (QED) is 0.112. The summed E-state index contributed by atoms with van der Waals surface area (Å²) in [5.74, 6) is 0. The van der Waals surface area contributed by atoms with Gasteiger partial charge in [-0.3, -0.25) is 0 Å². The van der Waals surface area contributed by atoms with E-state index in [9.17, 15) is 13.2 Å². The Hall–Kier alpha value is -10.6. The minimum absolute atomic E-state index is 0.235. The number of alkyl halides is 6. The van der Waals surface area contributed by atoms with E-state index in [0.29, 0.717) is 44.1 Å². The molecule has 96 heavy (non-hydrogen) atoms. The van der Waals surface area contributed by atoms with E-state index in [4.69, 9.17) is 8.83 Å². The van der Waals surface area contributed by atoms with Crippen molar-refractivity contribution < 1.29 is 35.2 Å². The molecular weight excluding hydrogens is 1240 g/mol. The lowest BCUT2D eigenvalue weighted by molar-refractivity contribution is -0.137. The van der Waals surface area contributed by atoms with Gasteiger partial charge in [-0.15, -0.1) is 0 Å². The average Bonchev–Trinajstić information content (AvgIpc) is 1.48. The third-order valence-electron chi connectivity index (χ3n) is 20.3. The third-order valence-corrected chi connectivity index (χ3v) is 24.4. The van der Waals surface area contributed by atoms with E-state index in [1.807, 2.05) is 36.4 Å². The summed E-state index contributed by atoms with van der Waals surface area (Å²) in [5, 5.41) is 10.5. The Kier molecular flexibility index (Phi) is 12.2. The molecule has 0 bridgehead atoms. The van der Waals surface area contributed by atoms with Crippen molar-refractivity contribution in [2.24, 2.45) is 0 Å². The van der Waals surface area contributed by atoms with Gasteiger partial charge in [0.15, 0.2) is 11.2 Å². The van der Waals surface area contributed by atoms with Gasteiger partial charge in [0.25, 0.3) is 0 Å². The number of fused-ring (bicyclic) bond motifs is 22. The zero-order chi connectivity index (χ0) is 65.7. The van der Waals surface area contributed by atoms with E-state index < -0.39 is 45.0 Å². The van der Waals surface area contributed by atoms with Crippen LogP contribution in [-0.4, -0.2) is 20.7 Å². The SMILES string of the molecule is C[Si](C)(C)c1ccc(N(c2ccc3c(c2)c2cc(N(c4ccc([Si](C)(C)C)cc4)c4cccc5c4oc4c(C(F)(F)F)cccc45)cc4c2n3-c2ccccc2C42c3ccc4ccccc4c3-c3c2ccc2ccccc32)c2cccc3c2oc2c(C(F)(F)F)cccc23)cc1.